The molecule has 5 rings (SSSR count). The summed E-state index contributed by atoms with van der Waals surface area (Å²) in [7, 11) is 0. The number of nitrogens with zero attached hydrogens (tertiary/aromatic N) is 2. The Kier molecular flexibility index (Phi) is 4.19. The molecule has 0 aliphatic heterocycles. The van der Waals surface area contributed by atoms with Gasteiger partial charge in [-0.2, -0.15) is 0 Å². The lowest BCUT2D eigenvalue weighted by Crippen LogP contribution is -2.13. The van der Waals surface area contributed by atoms with Gasteiger partial charge in [-0.25, -0.2) is 4.63 Å². The molecule has 0 fully saturated rings. The van der Waals surface area contributed by atoms with Crippen molar-refractivity contribution >= 4 is 22.7 Å². The van der Waals surface area contributed by atoms with Crippen LogP contribution in [0.25, 0.3) is 22.2 Å². The molecule has 0 saturated carbocycles. The third kappa shape index (κ3) is 3.10. The fourth-order valence-electron chi connectivity index (χ4n) is 4.05. The van der Waals surface area contributed by atoms with E-state index in [1.807, 2.05) is 38.1 Å². The van der Waals surface area contributed by atoms with Gasteiger partial charge in [0.2, 0.25) is 5.82 Å². The molecule has 2 aromatic carbocycles. The van der Waals surface area contributed by atoms with Crippen molar-refractivity contribution < 1.29 is 13.8 Å². The van der Waals surface area contributed by atoms with Crippen LogP contribution in [0.1, 0.15) is 45.7 Å². The number of carbonyl (C=O) groups is 1. The number of amides is 1. The summed E-state index contributed by atoms with van der Waals surface area (Å²) in [4.78, 5) is 12.9. The first kappa shape index (κ1) is 17.7. The van der Waals surface area contributed by atoms with Gasteiger partial charge in [0.1, 0.15) is 5.58 Å². The van der Waals surface area contributed by atoms with Crippen LogP contribution < -0.4 is 5.32 Å². The summed E-state index contributed by atoms with van der Waals surface area (Å²) in [5.74, 6) is 0.193. The van der Waals surface area contributed by atoms with Crippen LogP contribution in [-0.2, 0) is 12.8 Å². The molecule has 0 unspecified atom stereocenters. The minimum atomic E-state index is -0.369. The van der Waals surface area contributed by atoms with E-state index in [0.717, 1.165) is 34.9 Å². The number of furan rings is 1. The Balaban J connectivity index is 1.46. The average Bonchev–Trinajstić information content (AvgIpc) is 3.31. The minimum Gasteiger partial charge on any atom is -0.451 e. The van der Waals surface area contributed by atoms with Gasteiger partial charge in [0.15, 0.2) is 11.5 Å². The summed E-state index contributed by atoms with van der Waals surface area (Å²) in [6.45, 7) is 3.87. The second kappa shape index (κ2) is 6.88. The lowest BCUT2D eigenvalue weighted by molar-refractivity contribution is 0.0997. The first-order valence-electron chi connectivity index (χ1n) is 9.86. The van der Waals surface area contributed by atoms with Crippen LogP contribution in [0.3, 0.4) is 0 Å². The first-order chi connectivity index (χ1) is 14.1. The van der Waals surface area contributed by atoms with Crippen molar-refractivity contribution in [2.75, 3.05) is 5.32 Å². The number of nitrogens with one attached hydrogen (secondary N) is 1. The normalized spacial score (nSPS) is 13.4. The van der Waals surface area contributed by atoms with Gasteiger partial charge in [0, 0.05) is 16.5 Å². The molecule has 0 atom stereocenters. The van der Waals surface area contributed by atoms with Crippen molar-refractivity contribution in [3.63, 3.8) is 0 Å². The van der Waals surface area contributed by atoms with Crippen molar-refractivity contribution in [3.8, 4) is 11.3 Å². The molecular weight excluding hydrogens is 366 g/mol. The summed E-state index contributed by atoms with van der Waals surface area (Å²) in [6, 6.07) is 12.2. The van der Waals surface area contributed by atoms with Gasteiger partial charge in [-0.05, 0) is 78.7 Å². The van der Waals surface area contributed by atoms with Gasteiger partial charge in [-0.15, -0.1) is 0 Å². The Morgan fingerprint density at radius 3 is 2.69 bits per heavy atom. The highest BCUT2D eigenvalue weighted by Gasteiger charge is 2.22. The maximum Gasteiger partial charge on any atom is 0.292 e. The number of hydrogen-bond acceptors (Lipinski definition) is 5. The lowest BCUT2D eigenvalue weighted by Gasteiger charge is -2.16. The molecule has 1 amide bonds. The number of rotatable bonds is 3. The molecule has 6 nitrogen and oxygen atoms in total. The molecule has 6 heteroatoms. The summed E-state index contributed by atoms with van der Waals surface area (Å²) < 4.78 is 10.8. The van der Waals surface area contributed by atoms with E-state index in [9.17, 15) is 4.79 Å². The second-order valence-corrected chi connectivity index (χ2v) is 7.66. The molecular formula is C23H21N3O3. The summed E-state index contributed by atoms with van der Waals surface area (Å²) in [5, 5.41) is 11.7. The average molecular weight is 387 g/mol. The van der Waals surface area contributed by atoms with Crippen LogP contribution >= 0.6 is 0 Å². The predicted molar refractivity (Wildman–Crippen MR) is 110 cm³/mol. The highest BCUT2D eigenvalue weighted by atomic mass is 16.6. The molecule has 0 bridgehead atoms. The van der Waals surface area contributed by atoms with Crippen LogP contribution in [0.2, 0.25) is 0 Å². The Hall–Kier alpha value is -3.41. The van der Waals surface area contributed by atoms with E-state index in [1.165, 1.54) is 24.0 Å². The molecule has 2 heterocycles. The van der Waals surface area contributed by atoms with Gasteiger partial charge in [-0.3, -0.25) is 10.1 Å². The molecule has 4 aromatic rings. The molecule has 0 radical (unpaired) electrons. The third-order valence-electron chi connectivity index (χ3n) is 5.64. The number of benzene rings is 2. The Bertz CT molecular complexity index is 1240. The first-order valence-corrected chi connectivity index (χ1v) is 9.86. The largest absolute Gasteiger partial charge is 0.451 e. The van der Waals surface area contributed by atoms with Gasteiger partial charge in [-0.1, -0.05) is 24.3 Å². The van der Waals surface area contributed by atoms with E-state index in [-0.39, 0.29) is 11.7 Å². The number of fused-ring (bicyclic) bond motifs is 2. The van der Waals surface area contributed by atoms with Crippen LogP contribution in [-0.4, -0.2) is 16.2 Å². The molecule has 1 aliphatic rings. The number of anilines is 1. The SMILES string of the molecule is Cc1ccc2c(C)c(C(=O)Nc3nonc3-c3ccc4c(c3)CCCC4)oc2c1. The zero-order chi connectivity index (χ0) is 20.0. The monoisotopic (exact) mass is 387 g/mol. The quantitative estimate of drug-likeness (QED) is 0.520. The van der Waals surface area contributed by atoms with Crippen molar-refractivity contribution in [1.82, 2.24) is 10.3 Å². The van der Waals surface area contributed by atoms with Crippen LogP contribution in [0.15, 0.2) is 45.4 Å². The van der Waals surface area contributed by atoms with Gasteiger partial charge >= 0.3 is 0 Å². The molecule has 0 saturated heterocycles. The van der Waals surface area contributed by atoms with Crippen molar-refractivity contribution in [2.24, 2.45) is 0 Å². The molecule has 146 valence electrons. The maximum absolute atomic E-state index is 12.9. The fourth-order valence-corrected chi connectivity index (χ4v) is 4.05. The standard InChI is InChI=1S/C23H21N3O3/c1-13-7-10-18-14(2)21(28-19(18)11-13)23(27)24-22-20(25-29-26-22)17-9-8-15-5-3-4-6-16(15)12-17/h7-12H,3-6H2,1-2H3,(H,24,26,27). The second-order valence-electron chi connectivity index (χ2n) is 7.66. The van der Waals surface area contributed by atoms with Crippen molar-refractivity contribution in [3.05, 3.63) is 64.4 Å². The minimum absolute atomic E-state index is 0.269. The van der Waals surface area contributed by atoms with Gasteiger partial charge in [0.25, 0.3) is 5.91 Å². The number of aromatic nitrogens is 2. The highest BCUT2D eigenvalue weighted by Crippen LogP contribution is 2.31. The van der Waals surface area contributed by atoms with Crippen LogP contribution in [0, 0.1) is 13.8 Å². The van der Waals surface area contributed by atoms with Crippen LogP contribution in [0.5, 0.6) is 0 Å². The number of aryl methyl sites for hydroxylation is 4. The topological polar surface area (TPSA) is 81.2 Å². The zero-order valence-electron chi connectivity index (χ0n) is 16.4. The van der Waals surface area contributed by atoms with E-state index in [1.54, 1.807) is 0 Å². The number of carbonyl (C=O) groups excluding carboxylic acids is 1. The molecule has 0 spiro atoms. The summed E-state index contributed by atoms with van der Waals surface area (Å²) >= 11 is 0. The lowest BCUT2D eigenvalue weighted by atomic mass is 9.90. The van der Waals surface area contributed by atoms with Crippen LogP contribution in [0.4, 0.5) is 5.82 Å². The van der Waals surface area contributed by atoms with E-state index in [0.29, 0.717) is 17.1 Å². The van der Waals surface area contributed by atoms with Gasteiger partial charge in [0.05, 0.1) is 0 Å². The van der Waals surface area contributed by atoms with Crippen molar-refractivity contribution in [2.45, 2.75) is 39.5 Å². The Morgan fingerprint density at radius 2 is 1.83 bits per heavy atom. The number of hydrogen-bond donors (Lipinski definition) is 1. The smallest absolute Gasteiger partial charge is 0.292 e. The maximum atomic E-state index is 12.9. The van der Waals surface area contributed by atoms with E-state index in [4.69, 9.17) is 9.05 Å². The zero-order valence-corrected chi connectivity index (χ0v) is 16.4. The van der Waals surface area contributed by atoms with E-state index < -0.39 is 0 Å². The molecule has 29 heavy (non-hydrogen) atoms. The molecule has 1 N–H and O–H groups in total. The third-order valence-corrected chi connectivity index (χ3v) is 5.64. The molecule has 2 aromatic heterocycles. The summed E-state index contributed by atoms with van der Waals surface area (Å²) in [6.07, 6.45) is 4.60. The molecule has 1 aliphatic carbocycles. The van der Waals surface area contributed by atoms with E-state index >= 15 is 0 Å². The Labute approximate surface area is 167 Å². The fraction of sp³-hybridized carbons (Fsp3) is 0.261. The van der Waals surface area contributed by atoms with E-state index in [2.05, 4.69) is 27.8 Å². The van der Waals surface area contributed by atoms with Crippen molar-refractivity contribution in [1.29, 1.82) is 0 Å². The summed E-state index contributed by atoms with van der Waals surface area (Å²) in [5.41, 5.74) is 6.70. The Morgan fingerprint density at radius 1 is 1.00 bits per heavy atom. The predicted octanol–water partition coefficient (Wildman–Crippen LogP) is 5.23. The highest BCUT2D eigenvalue weighted by molar-refractivity contribution is 6.07. The van der Waals surface area contributed by atoms with Gasteiger partial charge < -0.3 is 4.42 Å².